The lowest BCUT2D eigenvalue weighted by atomic mass is 10.2. The number of unbranched alkanes of at least 4 members (excludes halogenated alkanes) is 4. The van der Waals surface area contributed by atoms with Crippen LogP contribution in [0.1, 0.15) is 66.2 Å². The van der Waals surface area contributed by atoms with Crippen molar-refractivity contribution in [2.24, 2.45) is 0 Å². The van der Waals surface area contributed by atoms with Crippen LogP contribution in [0.5, 0.6) is 0 Å². The van der Waals surface area contributed by atoms with E-state index < -0.39 is 5.60 Å². The van der Waals surface area contributed by atoms with Crippen LogP contribution in [0.2, 0.25) is 0 Å². The fraction of sp³-hybridized carbons (Fsp3) is 0.933. The molecule has 0 bridgehead atoms. The quantitative estimate of drug-likeness (QED) is 0.614. The van der Waals surface area contributed by atoms with Crippen molar-refractivity contribution < 1.29 is 14.3 Å². The molecule has 1 amide bonds. The van der Waals surface area contributed by atoms with Crippen molar-refractivity contribution in [2.45, 2.75) is 71.8 Å². The van der Waals surface area contributed by atoms with Crippen LogP contribution in [0.4, 0.5) is 4.79 Å². The minimum atomic E-state index is -0.431. The minimum Gasteiger partial charge on any atom is -0.444 e. The van der Waals surface area contributed by atoms with Gasteiger partial charge in [0.15, 0.2) is 0 Å². The third-order valence-electron chi connectivity index (χ3n) is 2.53. The van der Waals surface area contributed by atoms with Crippen LogP contribution in [0.25, 0.3) is 0 Å². The average Bonchev–Trinajstić information content (AvgIpc) is 2.29. The smallest absolute Gasteiger partial charge is 0.407 e. The normalized spacial score (nSPS) is 11.4. The molecule has 0 saturated heterocycles. The zero-order valence-electron chi connectivity index (χ0n) is 13.1. The second-order valence-corrected chi connectivity index (χ2v) is 5.81. The molecule has 4 heteroatoms. The summed E-state index contributed by atoms with van der Waals surface area (Å²) in [6.45, 7) is 9.91. The van der Waals surface area contributed by atoms with Gasteiger partial charge in [-0.2, -0.15) is 0 Å². The van der Waals surface area contributed by atoms with Crippen LogP contribution in [0, 0.1) is 0 Å². The Hall–Kier alpha value is -0.770. The molecule has 1 N–H and O–H groups in total. The molecule has 0 spiro atoms. The Labute approximate surface area is 118 Å². The van der Waals surface area contributed by atoms with E-state index in [9.17, 15) is 4.79 Å². The van der Waals surface area contributed by atoms with Crippen LogP contribution in [0.15, 0.2) is 0 Å². The highest BCUT2D eigenvalue weighted by atomic mass is 16.6. The molecule has 0 aliphatic carbocycles. The Morgan fingerprint density at radius 2 is 1.63 bits per heavy atom. The molecular weight excluding hydrogens is 242 g/mol. The van der Waals surface area contributed by atoms with Crippen LogP contribution in [-0.4, -0.2) is 31.5 Å². The van der Waals surface area contributed by atoms with Gasteiger partial charge in [-0.05, 0) is 33.6 Å². The van der Waals surface area contributed by atoms with Crippen LogP contribution in [-0.2, 0) is 9.47 Å². The summed E-state index contributed by atoms with van der Waals surface area (Å²) < 4.78 is 10.6. The summed E-state index contributed by atoms with van der Waals surface area (Å²) in [6.07, 6.45) is 6.77. The maximum absolute atomic E-state index is 11.3. The summed E-state index contributed by atoms with van der Waals surface area (Å²) in [5.74, 6) is 0. The summed E-state index contributed by atoms with van der Waals surface area (Å²) in [5, 5.41) is 2.72. The van der Waals surface area contributed by atoms with Gasteiger partial charge < -0.3 is 14.8 Å². The van der Waals surface area contributed by atoms with Gasteiger partial charge in [0.05, 0.1) is 0 Å². The summed E-state index contributed by atoms with van der Waals surface area (Å²) in [6, 6.07) is 0. The first-order valence-corrected chi connectivity index (χ1v) is 7.50. The first-order chi connectivity index (χ1) is 8.95. The van der Waals surface area contributed by atoms with Gasteiger partial charge in [0.1, 0.15) is 5.60 Å². The standard InChI is InChI=1S/C15H31NO3/c1-5-6-7-8-9-12-18-13-10-11-16-14(17)19-15(2,3)4/h5-13H2,1-4H3,(H,16,17). The third kappa shape index (κ3) is 15.2. The molecule has 19 heavy (non-hydrogen) atoms. The highest BCUT2D eigenvalue weighted by Gasteiger charge is 2.15. The van der Waals surface area contributed by atoms with E-state index in [1.807, 2.05) is 20.8 Å². The number of ether oxygens (including phenoxy) is 2. The molecule has 0 atom stereocenters. The van der Waals surface area contributed by atoms with E-state index in [0.717, 1.165) is 19.4 Å². The summed E-state index contributed by atoms with van der Waals surface area (Å²) in [4.78, 5) is 11.3. The van der Waals surface area contributed by atoms with Crippen molar-refractivity contribution in [1.29, 1.82) is 0 Å². The second kappa shape index (κ2) is 11.1. The van der Waals surface area contributed by atoms with E-state index in [0.29, 0.717) is 13.2 Å². The second-order valence-electron chi connectivity index (χ2n) is 5.81. The van der Waals surface area contributed by atoms with Crippen LogP contribution < -0.4 is 5.32 Å². The average molecular weight is 273 g/mol. The van der Waals surface area contributed by atoms with Gasteiger partial charge in [-0.1, -0.05) is 32.6 Å². The number of hydrogen-bond donors (Lipinski definition) is 1. The van der Waals surface area contributed by atoms with Gasteiger partial charge in [-0.3, -0.25) is 0 Å². The number of carbonyl (C=O) groups is 1. The number of alkyl carbamates (subject to hydrolysis) is 1. The molecule has 114 valence electrons. The van der Waals surface area contributed by atoms with Crippen molar-refractivity contribution in [3.8, 4) is 0 Å². The van der Waals surface area contributed by atoms with E-state index in [-0.39, 0.29) is 6.09 Å². The highest BCUT2D eigenvalue weighted by Crippen LogP contribution is 2.06. The molecule has 0 aromatic rings. The molecule has 0 saturated carbocycles. The molecule has 0 heterocycles. The van der Waals surface area contributed by atoms with Crippen LogP contribution >= 0.6 is 0 Å². The van der Waals surface area contributed by atoms with E-state index in [1.165, 1.54) is 25.7 Å². The monoisotopic (exact) mass is 273 g/mol. The lowest BCUT2D eigenvalue weighted by molar-refractivity contribution is 0.0519. The Morgan fingerprint density at radius 1 is 1.00 bits per heavy atom. The summed E-state index contributed by atoms with van der Waals surface area (Å²) >= 11 is 0. The van der Waals surface area contributed by atoms with Crippen molar-refractivity contribution in [1.82, 2.24) is 5.32 Å². The Bertz CT molecular complexity index is 224. The summed E-state index contributed by atoms with van der Waals surface area (Å²) in [5.41, 5.74) is -0.431. The van der Waals surface area contributed by atoms with Crippen molar-refractivity contribution in [2.75, 3.05) is 19.8 Å². The lowest BCUT2D eigenvalue weighted by Gasteiger charge is -2.19. The molecule has 0 fully saturated rings. The number of rotatable bonds is 10. The van der Waals surface area contributed by atoms with Crippen LogP contribution in [0.3, 0.4) is 0 Å². The molecule has 0 aliphatic rings. The molecular formula is C15H31NO3. The Morgan fingerprint density at radius 3 is 2.26 bits per heavy atom. The van der Waals surface area contributed by atoms with Gasteiger partial charge >= 0.3 is 6.09 Å². The lowest BCUT2D eigenvalue weighted by Crippen LogP contribution is -2.33. The largest absolute Gasteiger partial charge is 0.444 e. The molecule has 0 aliphatic heterocycles. The van der Waals surface area contributed by atoms with E-state index in [1.54, 1.807) is 0 Å². The maximum Gasteiger partial charge on any atom is 0.407 e. The van der Waals surface area contributed by atoms with Crippen molar-refractivity contribution >= 4 is 6.09 Å². The first-order valence-electron chi connectivity index (χ1n) is 7.50. The molecule has 0 aromatic carbocycles. The molecule has 0 unspecified atom stereocenters. The summed E-state index contributed by atoms with van der Waals surface area (Å²) in [7, 11) is 0. The molecule has 0 radical (unpaired) electrons. The maximum atomic E-state index is 11.3. The molecule has 0 rings (SSSR count). The zero-order valence-corrected chi connectivity index (χ0v) is 13.1. The minimum absolute atomic E-state index is 0.355. The topological polar surface area (TPSA) is 47.6 Å². The van der Waals surface area contributed by atoms with E-state index >= 15 is 0 Å². The predicted octanol–water partition coefficient (Wildman–Crippen LogP) is 3.89. The van der Waals surface area contributed by atoms with Gasteiger partial charge in [0.25, 0.3) is 0 Å². The number of hydrogen-bond acceptors (Lipinski definition) is 3. The third-order valence-corrected chi connectivity index (χ3v) is 2.53. The predicted molar refractivity (Wildman–Crippen MR) is 78.4 cm³/mol. The molecule has 4 nitrogen and oxygen atoms in total. The van der Waals surface area contributed by atoms with Crippen molar-refractivity contribution in [3.63, 3.8) is 0 Å². The Kier molecular flexibility index (Phi) is 10.6. The number of carbonyl (C=O) groups excluding carboxylic acids is 1. The van der Waals surface area contributed by atoms with Crippen molar-refractivity contribution in [3.05, 3.63) is 0 Å². The van der Waals surface area contributed by atoms with Gasteiger partial charge in [0, 0.05) is 19.8 Å². The fourth-order valence-electron chi connectivity index (χ4n) is 1.59. The SMILES string of the molecule is CCCCCCCOCCCNC(=O)OC(C)(C)C. The highest BCUT2D eigenvalue weighted by molar-refractivity contribution is 5.67. The zero-order chi connectivity index (χ0) is 14.6. The Balaban J connectivity index is 3.21. The van der Waals surface area contributed by atoms with E-state index in [4.69, 9.17) is 9.47 Å². The first kappa shape index (κ1) is 18.2. The van der Waals surface area contributed by atoms with Gasteiger partial charge in [-0.15, -0.1) is 0 Å². The van der Waals surface area contributed by atoms with E-state index in [2.05, 4.69) is 12.2 Å². The number of amides is 1. The van der Waals surface area contributed by atoms with Gasteiger partial charge in [-0.25, -0.2) is 4.79 Å². The molecule has 0 aromatic heterocycles. The van der Waals surface area contributed by atoms with Gasteiger partial charge in [0.2, 0.25) is 0 Å². The number of nitrogens with one attached hydrogen (secondary N) is 1. The fourth-order valence-corrected chi connectivity index (χ4v) is 1.59.